The van der Waals surface area contributed by atoms with Crippen molar-refractivity contribution in [1.82, 2.24) is 0 Å². The number of Topliss-reactive ketones (excluding diaryl/α,β-unsaturated/α-hetero) is 1. The van der Waals surface area contributed by atoms with Crippen molar-refractivity contribution in [2.45, 2.75) is 13.3 Å². The number of ether oxygens (including phenoxy) is 2. The van der Waals surface area contributed by atoms with Crippen LogP contribution < -0.4 is 9.47 Å². The van der Waals surface area contributed by atoms with Crippen LogP contribution in [0, 0.1) is 9.49 Å². The molecule has 0 saturated carbocycles. The highest BCUT2D eigenvalue weighted by molar-refractivity contribution is 14.1. The molecule has 3 nitrogen and oxygen atoms in total. The first kappa shape index (κ1) is 15.3. The SMILES string of the molecule is COc1cc(OC)cc(-c2ccc3c(c2I)CC(C)C3=O)c1. The fraction of sp³-hybridized carbons (Fsp3) is 0.278. The summed E-state index contributed by atoms with van der Waals surface area (Å²) in [5.41, 5.74) is 4.18. The van der Waals surface area contributed by atoms with Gasteiger partial charge in [-0.1, -0.05) is 19.1 Å². The molecular formula is C18H17IO3. The quantitative estimate of drug-likeness (QED) is 0.709. The number of hydrogen-bond acceptors (Lipinski definition) is 3. The third-order valence-corrected chi connectivity index (χ3v) is 5.36. The smallest absolute Gasteiger partial charge is 0.166 e. The lowest BCUT2D eigenvalue weighted by Crippen LogP contribution is -2.02. The minimum Gasteiger partial charge on any atom is -0.497 e. The molecule has 0 fully saturated rings. The Balaban J connectivity index is 2.15. The third-order valence-electron chi connectivity index (χ3n) is 4.13. The first-order valence-electron chi connectivity index (χ1n) is 7.14. The second-order valence-electron chi connectivity index (χ2n) is 5.52. The summed E-state index contributed by atoms with van der Waals surface area (Å²) >= 11 is 2.34. The maximum Gasteiger partial charge on any atom is 0.166 e. The Labute approximate surface area is 143 Å². The predicted molar refractivity (Wildman–Crippen MR) is 94.9 cm³/mol. The maximum atomic E-state index is 12.2. The van der Waals surface area contributed by atoms with Gasteiger partial charge in [-0.2, -0.15) is 0 Å². The van der Waals surface area contributed by atoms with Crippen molar-refractivity contribution in [2.75, 3.05) is 14.2 Å². The number of hydrogen-bond donors (Lipinski definition) is 0. The topological polar surface area (TPSA) is 35.5 Å². The Kier molecular flexibility index (Phi) is 4.12. The van der Waals surface area contributed by atoms with Gasteiger partial charge in [-0.15, -0.1) is 0 Å². The molecule has 1 aliphatic carbocycles. The highest BCUT2D eigenvalue weighted by Crippen LogP contribution is 2.38. The van der Waals surface area contributed by atoms with Gasteiger partial charge in [-0.05, 0) is 57.8 Å². The van der Waals surface area contributed by atoms with Crippen molar-refractivity contribution in [3.63, 3.8) is 0 Å². The standard InChI is InChI=1S/C18H17IO3/c1-10-6-16-15(18(10)20)5-4-14(17(16)19)11-7-12(21-2)9-13(8-11)22-3/h4-5,7-10H,6H2,1-3H3. The number of ketones is 1. The average Bonchev–Trinajstić information content (AvgIpc) is 2.83. The Morgan fingerprint density at radius 1 is 1.05 bits per heavy atom. The molecule has 0 radical (unpaired) electrons. The van der Waals surface area contributed by atoms with Gasteiger partial charge in [0.25, 0.3) is 0 Å². The zero-order valence-electron chi connectivity index (χ0n) is 12.8. The number of halogens is 1. The second-order valence-corrected chi connectivity index (χ2v) is 6.60. The molecule has 0 amide bonds. The lowest BCUT2D eigenvalue weighted by Gasteiger charge is -2.12. The molecule has 0 heterocycles. The second kappa shape index (κ2) is 5.91. The zero-order chi connectivity index (χ0) is 15.9. The Hall–Kier alpha value is -1.56. The van der Waals surface area contributed by atoms with Crippen molar-refractivity contribution in [3.05, 3.63) is 45.0 Å². The zero-order valence-corrected chi connectivity index (χ0v) is 14.9. The summed E-state index contributed by atoms with van der Waals surface area (Å²) < 4.78 is 11.8. The van der Waals surface area contributed by atoms with Crippen LogP contribution in [0.1, 0.15) is 22.8 Å². The molecule has 0 aliphatic heterocycles. The van der Waals surface area contributed by atoms with E-state index in [1.807, 2.05) is 37.3 Å². The molecule has 0 spiro atoms. The molecule has 0 N–H and O–H groups in total. The summed E-state index contributed by atoms with van der Waals surface area (Å²) in [6.07, 6.45) is 0.821. The largest absolute Gasteiger partial charge is 0.497 e. The van der Waals surface area contributed by atoms with Crippen LogP contribution in [0.4, 0.5) is 0 Å². The third kappa shape index (κ3) is 2.49. The molecule has 0 bridgehead atoms. The summed E-state index contributed by atoms with van der Waals surface area (Å²) in [4.78, 5) is 12.2. The van der Waals surface area contributed by atoms with Crippen LogP contribution in [-0.2, 0) is 6.42 Å². The predicted octanol–water partition coefficient (Wildman–Crippen LogP) is 4.35. The summed E-state index contributed by atoms with van der Waals surface area (Å²) in [5, 5.41) is 0. The Morgan fingerprint density at radius 3 is 2.23 bits per heavy atom. The van der Waals surface area contributed by atoms with Gasteiger partial charge in [-0.25, -0.2) is 0 Å². The minimum atomic E-state index is 0.0820. The number of methoxy groups -OCH3 is 2. The van der Waals surface area contributed by atoms with Crippen LogP contribution in [0.15, 0.2) is 30.3 Å². The van der Waals surface area contributed by atoms with Gasteiger partial charge in [0.1, 0.15) is 11.5 Å². The van der Waals surface area contributed by atoms with E-state index in [0.29, 0.717) is 0 Å². The van der Waals surface area contributed by atoms with Crippen LogP contribution in [-0.4, -0.2) is 20.0 Å². The van der Waals surface area contributed by atoms with Crippen molar-refractivity contribution in [2.24, 2.45) is 5.92 Å². The van der Waals surface area contributed by atoms with Crippen molar-refractivity contribution < 1.29 is 14.3 Å². The van der Waals surface area contributed by atoms with Gasteiger partial charge in [0.2, 0.25) is 0 Å². The van der Waals surface area contributed by atoms with Gasteiger partial charge in [-0.3, -0.25) is 4.79 Å². The molecule has 2 aromatic carbocycles. The van der Waals surface area contributed by atoms with E-state index in [1.165, 1.54) is 0 Å². The van der Waals surface area contributed by atoms with Crippen LogP contribution >= 0.6 is 22.6 Å². The molecule has 1 unspecified atom stereocenters. The highest BCUT2D eigenvalue weighted by atomic mass is 127. The molecule has 114 valence electrons. The summed E-state index contributed by atoms with van der Waals surface area (Å²) in [6.45, 7) is 1.99. The molecule has 2 aromatic rings. The van der Waals surface area contributed by atoms with E-state index in [0.717, 1.165) is 43.7 Å². The first-order valence-corrected chi connectivity index (χ1v) is 8.22. The normalized spacial score (nSPS) is 16.5. The lowest BCUT2D eigenvalue weighted by molar-refractivity contribution is 0.0946. The van der Waals surface area contributed by atoms with Gasteiger partial charge in [0.15, 0.2) is 5.78 Å². The summed E-state index contributed by atoms with van der Waals surface area (Å²) in [5.74, 6) is 1.85. The molecule has 1 aliphatic rings. The van der Waals surface area contributed by atoms with Gasteiger partial charge in [0.05, 0.1) is 14.2 Å². The molecule has 0 saturated heterocycles. The van der Waals surface area contributed by atoms with E-state index in [2.05, 4.69) is 22.6 Å². The first-order chi connectivity index (χ1) is 10.5. The van der Waals surface area contributed by atoms with Crippen LogP contribution in [0.3, 0.4) is 0 Å². The fourth-order valence-corrected chi connectivity index (χ4v) is 3.90. The van der Waals surface area contributed by atoms with Crippen LogP contribution in [0.25, 0.3) is 11.1 Å². The van der Waals surface area contributed by atoms with Crippen LogP contribution in [0.2, 0.25) is 0 Å². The molecule has 1 atom stereocenters. The van der Waals surface area contributed by atoms with Gasteiger partial charge in [0, 0.05) is 21.1 Å². The lowest BCUT2D eigenvalue weighted by atomic mass is 10.00. The molecule has 4 heteroatoms. The Morgan fingerprint density at radius 2 is 1.64 bits per heavy atom. The number of fused-ring (bicyclic) bond motifs is 1. The Bertz CT molecular complexity index is 730. The van der Waals surface area contributed by atoms with Crippen molar-refractivity contribution in [3.8, 4) is 22.6 Å². The van der Waals surface area contributed by atoms with E-state index >= 15 is 0 Å². The molecular weight excluding hydrogens is 391 g/mol. The monoisotopic (exact) mass is 408 g/mol. The number of carbonyl (C=O) groups excluding carboxylic acids is 1. The van der Waals surface area contributed by atoms with E-state index in [1.54, 1.807) is 14.2 Å². The molecule has 0 aromatic heterocycles. The van der Waals surface area contributed by atoms with Gasteiger partial charge >= 0.3 is 0 Å². The summed E-state index contributed by atoms with van der Waals surface area (Å²) in [7, 11) is 3.29. The van der Waals surface area contributed by atoms with Crippen LogP contribution in [0.5, 0.6) is 11.5 Å². The number of carbonyl (C=O) groups is 1. The van der Waals surface area contributed by atoms with E-state index in [9.17, 15) is 4.79 Å². The van der Waals surface area contributed by atoms with E-state index < -0.39 is 0 Å². The molecule has 22 heavy (non-hydrogen) atoms. The van der Waals surface area contributed by atoms with Gasteiger partial charge < -0.3 is 9.47 Å². The number of benzene rings is 2. The maximum absolute atomic E-state index is 12.2. The highest BCUT2D eigenvalue weighted by Gasteiger charge is 2.29. The van der Waals surface area contributed by atoms with Crippen molar-refractivity contribution in [1.29, 1.82) is 0 Å². The summed E-state index contributed by atoms with van der Waals surface area (Å²) in [6, 6.07) is 9.81. The van der Waals surface area contributed by atoms with E-state index in [4.69, 9.17) is 9.47 Å². The average molecular weight is 408 g/mol. The molecule has 3 rings (SSSR count). The minimum absolute atomic E-state index is 0.0820. The fourth-order valence-electron chi connectivity index (χ4n) is 2.90. The van der Waals surface area contributed by atoms with E-state index in [-0.39, 0.29) is 11.7 Å². The number of rotatable bonds is 3. The van der Waals surface area contributed by atoms with Crippen molar-refractivity contribution >= 4 is 28.4 Å².